The van der Waals surface area contributed by atoms with Gasteiger partial charge in [-0.1, -0.05) is 23.5 Å². The summed E-state index contributed by atoms with van der Waals surface area (Å²) in [5.74, 6) is 1.29. The second kappa shape index (κ2) is 9.69. The van der Waals surface area contributed by atoms with Crippen molar-refractivity contribution in [1.29, 1.82) is 0 Å². The van der Waals surface area contributed by atoms with Crippen LogP contribution in [0.1, 0.15) is 18.4 Å². The maximum Gasteiger partial charge on any atom is 0.186 e. The first-order valence-corrected chi connectivity index (χ1v) is 10.7. The van der Waals surface area contributed by atoms with Gasteiger partial charge in [-0.2, -0.15) is 0 Å². The standard InChI is InChI=1S/C22H24FN3OS.2ClH/c1-25(21-13-16-12-17(23)6-7-19(16)27-21)14-15-8-10-26(11-9-15)22-24-18-4-2-3-5-20(18)28-22;;/h2-7,12,15,21H,8-11,13-14H2,1H3;2*1H. The zero-order valence-electron chi connectivity index (χ0n) is 16.8. The molecule has 0 spiro atoms. The monoisotopic (exact) mass is 469 g/mol. The summed E-state index contributed by atoms with van der Waals surface area (Å²) in [7, 11) is 2.12. The summed E-state index contributed by atoms with van der Waals surface area (Å²) < 4.78 is 20.7. The highest BCUT2D eigenvalue weighted by Crippen LogP contribution is 2.33. The lowest BCUT2D eigenvalue weighted by atomic mass is 9.96. The molecule has 1 saturated heterocycles. The van der Waals surface area contributed by atoms with E-state index >= 15 is 0 Å². The molecule has 0 amide bonds. The number of hydrogen-bond acceptors (Lipinski definition) is 5. The molecule has 4 nitrogen and oxygen atoms in total. The van der Waals surface area contributed by atoms with Crippen molar-refractivity contribution in [1.82, 2.24) is 9.88 Å². The van der Waals surface area contributed by atoms with E-state index in [4.69, 9.17) is 9.72 Å². The third-order valence-electron chi connectivity index (χ3n) is 5.89. The highest BCUT2D eigenvalue weighted by atomic mass is 35.5. The van der Waals surface area contributed by atoms with Gasteiger partial charge in [0.15, 0.2) is 11.4 Å². The van der Waals surface area contributed by atoms with Crippen LogP contribution in [0.5, 0.6) is 5.75 Å². The van der Waals surface area contributed by atoms with Gasteiger partial charge in [-0.25, -0.2) is 9.37 Å². The topological polar surface area (TPSA) is 28.6 Å². The number of likely N-dealkylation sites (N-methyl/N-ethyl adjacent to an activating group) is 1. The number of aromatic nitrogens is 1. The molecule has 2 aliphatic rings. The predicted molar refractivity (Wildman–Crippen MR) is 126 cm³/mol. The highest BCUT2D eigenvalue weighted by Gasteiger charge is 2.29. The van der Waals surface area contributed by atoms with E-state index in [2.05, 4.69) is 35.0 Å². The molecule has 5 rings (SSSR count). The molecule has 162 valence electrons. The van der Waals surface area contributed by atoms with Gasteiger partial charge in [0.2, 0.25) is 0 Å². The van der Waals surface area contributed by atoms with Crippen LogP contribution < -0.4 is 9.64 Å². The Morgan fingerprint density at radius 3 is 2.70 bits per heavy atom. The molecule has 1 aromatic heterocycles. The molecule has 8 heteroatoms. The van der Waals surface area contributed by atoms with Gasteiger partial charge in [-0.15, -0.1) is 24.8 Å². The molecule has 0 bridgehead atoms. The van der Waals surface area contributed by atoms with Gasteiger partial charge in [0.25, 0.3) is 0 Å². The quantitative estimate of drug-likeness (QED) is 0.512. The molecule has 30 heavy (non-hydrogen) atoms. The molecular formula is C22H26Cl2FN3OS. The smallest absolute Gasteiger partial charge is 0.186 e. The summed E-state index contributed by atoms with van der Waals surface area (Å²) in [4.78, 5) is 9.51. The number of piperidine rings is 1. The fourth-order valence-corrected chi connectivity index (χ4v) is 5.29. The Hall–Kier alpha value is -1.60. The molecule has 2 aromatic carbocycles. The Morgan fingerprint density at radius 1 is 1.17 bits per heavy atom. The van der Waals surface area contributed by atoms with Crippen LogP contribution in [0.15, 0.2) is 42.5 Å². The Morgan fingerprint density at radius 2 is 1.93 bits per heavy atom. The van der Waals surface area contributed by atoms with Crippen molar-refractivity contribution in [3.8, 4) is 5.75 Å². The number of benzene rings is 2. The van der Waals surface area contributed by atoms with Crippen LogP contribution in [-0.2, 0) is 6.42 Å². The van der Waals surface area contributed by atoms with Crippen LogP contribution in [0.25, 0.3) is 10.2 Å². The lowest BCUT2D eigenvalue weighted by Gasteiger charge is -2.35. The van der Waals surface area contributed by atoms with Crippen molar-refractivity contribution < 1.29 is 9.13 Å². The van der Waals surface area contributed by atoms with E-state index in [9.17, 15) is 4.39 Å². The molecule has 1 fully saturated rings. The minimum absolute atomic E-state index is 0. The van der Waals surface area contributed by atoms with Gasteiger partial charge in [0, 0.05) is 31.6 Å². The van der Waals surface area contributed by atoms with Crippen LogP contribution >= 0.6 is 36.2 Å². The first-order chi connectivity index (χ1) is 13.7. The largest absolute Gasteiger partial charge is 0.474 e. The lowest BCUT2D eigenvalue weighted by Crippen LogP contribution is -2.42. The molecule has 3 aromatic rings. The number of rotatable bonds is 4. The number of anilines is 1. The third-order valence-corrected chi connectivity index (χ3v) is 6.98. The van der Waals surface area contributed by atoms with Crippen LogP contribution in [0.3, 0.4) is 0 Å². The zero-order chi connectivity index (χ0) is 19.1. The maximum atomic E-state index is 13.4. The molecule has 0 saturated carbocycles. The van der Waals surface area contributed by atoms with Gasteiger partial charge in [0.05, 0.1) is 10.2 Å². The number of nitrogens with zero attached hydrogens (tertiary/aromatic N) is 3. The fourth-order valence-electron chi connectivity index (χ4n) is 4.27. The molecule has 0 aliphatic carbocycles. The van der Waals surface area contributed by atoms with Crippen molar-refractivity contribution in [2.45, 2.75) is 25.5 Å². The molecule has 0 N–H and O–H groups in total. The normalized spacial score (nSPS) is 18.6. The Balaban J connectivity index is 0.00000128. The summed E-state index contributed by atoms with van der Waals surface area (Å²) in [6, 6.07) is 13.2. The minimum atomic E-state index is -0.187. The van der Waals surface area contributed by atoms with E-state index in [1.165, 1.54) is 10.8 Å². The van der Waals surface area contributed by atoms with Gasteiger partial charge in [-0.05, 0) is 56.1 Å². The fraction of sp³-hybridized carbons (Fsp3) is 0.409. The first-order valence-electron chi connectivity index (χ1n) is 9.91. The summed E-state index contributed by atoms with van der Waals surface area (Å²) in [6.07, 6.45) is 3.09. The van der Waals surface area contributed by atoms with E-state index in [0.29, 0.717) is 5.92 Å². The average molecular weight is 470 g/mol. The van der Waals surface area contributed by atoms with Gasteiger partial charge >= 0.3 is 0 Å². The Bertz CT molecular complexity index is 960. The molecular weight excluding hydrogens is 444 g/mol. The van der Waals surface area contributed by atoms with Crippen LogP contribution in [0, 0.1) is 11.7 Å². The van der Waals surface area contributed by atoms with Crippen LogP contribution in [-0.4, -0.2) is 42.8 Å². The number of ether oxygens (including phenoxy) is 1. The summed E-state index contributed by atoms with van der Waals surface area (Å²) in [5.41, 5.74) is 2.07. The lowest BCUT2D eigenvalue weighted by molar-refractivity contribution is 0.0490. The summed E-state index contributed by atoms with van der Waals surface area (Å²) >= 11 is 1.79. The highest BCUT2D eigenvalue weighted by molar-refractivity contribution is 7.22. The summed E-state index contributed by atoms with van der Waals surface area (Å²) in [6.45, 7) is 3.11. The van der Waals surface area contributed by atoms with Gasteiger partial charge < -0.3 is 9.64 Å². The second-order valence-electron chi connectivity index (χ2n) is 7.86. The van der Waals surface area contributed by atoms with E-state index in [1.807, 2.05) is 6.07 Å². The van der Waals surface area contributed by atoms with Crippen molar-refractivity contribution in [3.05, 3.63) is 53.8 Å². The molecule has 0 radical (unpaired) electrons. The average Bonchev–Trinajstić information content (AvgIpc) is 3.32. The third kappa shape index (κ3) is 4.67. The van der Waals surface area contributed by atoms with Crippen molar-refractivity contribution in [2.75, 3.05) is 31.6 Å². The van der Waals surface area contributed by atoms with Gasteiger partial charge in [0.1, 0.15) is 11.6 Å². The number of halogens is 3. The van der Waals surface area contributed by atoms with Crippen molar-refractivity contribution in [2.24, 2.45) is 5.92 Å². The number of hydrogen-bond donors (Lipinski definition) is 0. The zero-order valence-corrected chi connectivity index (χ0v) is 19.2. The van der Waals surface area contributed by atoms with E-state index < -0.39 is 0 Å². The molecule has 1 unspecified atom stereocenters. The minimum Gasteiger partial charge on any atom is -0.474 e. The van der Waals surface area contributed by atoms with Gasteiger partial charge in [-0.3, -0.25) is 4.90 Å². The van der Waals surface area contributed by atoms with E-state index in [1.54, 1.807) is 23.5 Å². The number of fused-ring (bicyclic) bond motifs is 2. The SMILES string of the molecule is CN(CC1CCN(c2nc3ccccc3s2)CC1)C1Cc2cc(F)ccc2O1.Cl.Cl. The van der Waals surface area contributed by atoms with E-state index in [0.717, 1.165) is 60.9 Å². The number of thiazole rings is 1. The summed E-state index contributed by atoms with van der Waals surface area (Å²) in [5, 5.41) is 1.14. The first kappa shape index (κ1) is 23.1. The van der Waals surface area contributed by atoms with Crippen LogP contribution in [0.2, 0.25) is 0 Å². The Labute approximate surface area is 192 Å². The second-order valence-corrected chi connectivity index (χ2v) is 8.87. The molecule has 3 heterocycles. The Kier molecular flexibility index (Phi) is 7.45. The van der Waals surface area contributed by atoms with Crippen molar-refractivity contribution in [3.63, 3.8) is 0 Å². The molecule has 1 atom stereocenters. The maximum absolute atomic E-state index is 13.4. The van der Waals surface area contributed by atoms with Crippen LogP contribution in [0.4, 0.5) is 9.52 Å². The number of para-hydroxylation sites is 1. The van der Waals surface area contributed by atoms with Crippen molar-refractivity contribution >= 4 is 51.5 Å². The van der Waals surface area contributed by atoms with E-state index in [-0.39, 0.29) is 36.9 Å². The predicted octanol–water partition coefficient (Wildman–Crippen LogP) is 5.39. The molecule has 2 aliphatic heterocycles.